The number of fused-ring (bicyclic) bond motifs is 2. The van der Waals surface area contributed by atoms with E-state index in [4.69, 9.17) is 4.74 Å². The van der Waals surface area contributed by atoms with Crippen LogP contribution in [0.4, 0.5) is 11.4 Å². The van der Waals surface area contributed by atoms with Crippen molar-refractivity contribution in [1.29, 1.82) is 0 Å². The number of rotatable bonds is 6. The molecule has 3 aliphatic heterocycles. The van der Waals surface area contributed by atoms with Crippen molar-refractivity contribution in [2.75, 3.05) is 23.0 Å². The van der Waals surface area contributed by atoms with E-state index in [1.54, 1.807) is 4.90 Å². The zero-order valence-corrected chi connectivity index (χ0v) is 24.2. The summed E-state index contributed by atoms with van der Waals surface area (Å²) in [5.41, 5.74) is 1.95. The average molecular weight is 588 g/mol. The Morgan fingerprint density at radius 3 is 2.65 bits per heavy atom. The van der Waals surface area contributed by atoms with Crippen molar-refractivity contribution < 1.29 is 24.2 Å². The van der Waals surface area contributed by atoms with E-state index in [0.717, 1.165) is 39.8 Å². The monoisotopic (exact) mass is 586 g/mol. The Morgan fingerprint density at radius 2 is 1.95 bits per heavy atom. The topological polar surface area (TPSA) is 90.3 Å². The van der Waals surface area contributed by atoms with Crippen LogP contribution in [0.15, 0.2) is 46.9 Å². The molecule has 9 heteroatoms. The van der Waals surface area contributed by atoms with Crippen molar-refractivity contribution in [2.24, 2.45) is 5.92 Å². The molecule has 1 spiro atoms. The SMILES string of the molecule is C[C@H]1[C@H]([Si](C)(C)O)[C@@H](CCO)O[C@]12C(=O)N(Cc1cccc(N3CCCCC3=O)c1)c1ccc(Br)cc12. The Hall–Kier alpha value is -2.04. The predicted octanol–water partition coefficient (Wildman–Crippen LogP) is 4.69. The van der Waals surface area contributed by atoms with Crippen LogP contribution in [-0.2, 0) is 26.5 Å². The highest BCUT2D eigenvalue weighted by Gasteiger charge is 2.66. The number of ether oxygens (including phenoxy) is 1. The van der Waals surface area contributed by atoms with Gasteiger partial charge in [0.1, 0.15) is 0 Å². The molecule has 0 bridgehead atoms. The van der Waals surface area contributed by atoms with Gasteiger partial charge in [-0.25, -0.2) is 0 Å². The van der Waals surface area contributed by atoms with Gasteiger partial charge < -0.3 is 24.4 Å². The Labute approximate surface area is 227 Å². The number of piperidine rings is 1. The minimum Gasteiger partial charge on any atom is -0.432 e. The predicted molar refractivity (Wildman–Crippen MR) is 149 cm³/mol. The van der Waals surface area contributed by atoms with E-state index >= 15 is 0 Å². The molecule has 2 N–H and O–H groups in total. The normalized spacial score (nSPS) is 27.9. The molecule has 0 radical (unpaired) electrons. The van der Waals surface area contributed by atoms with Gasteiger partial charge in [0.15, 0.2) is 13.9 Å². The Morgan fingerprint density at radius 1 is 1.16 bits per heavy atom. The zero-order valence-electron chi connectivity index (χ0n) is 21.6. The molecule has 2 amide bonds. The van der Waals surface area contributed by atoms with Crippen molar-refractivity contribution in [1.82, 2.24) is 0 Å². The van der Waals surface area contributed by atoms with E-state index in [2.05, 4.69) is 15.9 Å². The van der Waals surface area contributed by atoms with Gasteiger partial charge in [0.25, 0.3) is 5.91 Å². The van der Waals surface area contributed by atoms with E-state index in [0.29, 0.717) is 25.9 Å². The molecular weight excluding hydrogens is 552 g/mol. The second kappa shape index (κ2) is 9.93. The molecule has 5 rings (SSSR count). The molecule has 0 saturated carbocycles. The number of hydrogen-bond acceptors (Lipinski definition) is 5. The first kappa shape index (κ1) is 26.6. The number of carbonyl (C=O) groups is 2. The van der Waals surface area contributed by atoms with Crippen molar-refractivity contribution in [3.05, 3.63) is 58.1 Å². The highest BCUT2D eigenvalue weighted by atomic mass is 79.9. The average Bonchev–Trinajstić information content (AvgIpc) is 3.26. The number of carbonyl (C=O) groups excluding carboxylic acids is 2. The van der Waals surface area contributed by atoms with Gasteiger partial charge in [-0.2, -0.15) is 0 Å². The van der Waals surface area contributed by atoms with Gasteiger partial charge in [-0.15, -0.1) is 0 Å². The number of halogens is 1. The van der Waals surface area contributed by atoms with Crippen LogP contribution in [0.1, 0.15) is 43.7 Å². The quantitative estimate of drug-likeness (QED) is 0.479. The lowest BCUT2D eigenvalue weighted by Crippen LogP contribution is -2.46. The number of aliphatic hydroxyl groups excluding tert-OH is 1. The summed E-state index contributed by atoms with van der Waals surface area (Å²) in [6.07, 6.45) is 2.44. The standard InChI is InChI=1S/C28H35BrN2O5Si/c1-18-26(37(2,3)35)24(12-14-32)36-28(18)22-16-20(29)10-11-23(22)31(27(28)34)17-19-7-6-8-21(15-19)30-13-5-4-9-25(30)33/h6-8,10-11,15-16,18,24,26,32,35H,4-5,9,12-14,17H2,1-3H3/t18-,24+,26-,28+/m0/s1. The van der Waals surface area contributed by atoms with Gasteiger partial charge in [-0.1, -0.05) is 35.0 Å². The van der Waals surface area contributed by atoms with Crippen molar-refractivity contribution in [3.63, 3.8) is 0 Å². The number of hydrogen-bond donors (Lipinski definition) is 2. The van der Waals surface area contributed by atoms with E-state index in [1.165, 1.54) is 0 Å². The number of benzene rings is 2. The summed E-state index contributed by atoms with van der Waals surface area (Å²) in [7, 11) is -2.73. The number of aliphatic hydroxyl groups is 1. The molecule has 7 nitrogen and oxygen atoms in total. The molecular formula is C28H35BrN2O5Si. The number of amides is 2. The first-order valence-electron chi connectivity index (χ1n) is 13.1. The summed E-state index contributed by atoms with van der Waals surface area (Å²) in [5.74, 6) is -0.269. The van der Waals surface area contributed by atoms with Crippen LogP contribution < -0.4 is 9.80 Å². The third-order valence-electron chi connectivity index (χ3n) is 8.25. The van der Waals surface area contributed by atoms with Crippen molar-refractivity contribution >= 4 is 47.4 Å². The minimum atomic E-state index is -2.73. The molecule has 0 aromatic heterocycles. The maximum absolute atomic E-state index is 14.4. The van der Waals surface area contributed by atoms with E-state index in [1.807, 2.05) is 67.4 Å². The number of anilines is 2. The van der Waals surface area contributed by atoms with E-state index < -0.39 is 20.0 Å². The second-order valence-corrected chi connectivity index (χ2v) is 16.0. The molecule has 198 valence electrons. The molecule has 4 atom stereocenters. The summed E-state index contributed by atoms with van der Waals surface area (Å²) in [4.78, 5) is 41.7. The molecule has 2 aromatic rings. The van der Waals surface area contributed by atoms with Crippen LogP contribution >= 0.6 is 15.9 Å². The van der Waals surface area contributed by atoms with Gasteiger partial charge >= 0.3 is 0 Å². The molecule has 0 aliphatic carbocycles. The molecule has 2 aromatic carbocycles. The molecule has 2 fully saturated rings. The third-order valence-corrected chi connectivity index (χ3v) is 11.2. The second-order valence-electron chi connectivity index (χ2n) is 11.1. The fourth-order valence-corrected chi connectivity index (χ4v) is 9.65. The molecule has 3 heterocycles. The molecule has 0 unspecified atom stereocenters. The Bertz CT molecular complexity index is 1220. The summed E-state index contributed by atoms with van der Waals surface area (Å²) in [6, 6.07) is 13.7. The lowest BCUT2D eigenvalue weighted by atomic mass is 9.82. The minimum absolute atomic E-state index is 0.0697. The van der Waals surface area contributed by atoms with Crippen LogP contribution in [0.5, 0.6) is 0 Å². The summed E-state index contributed by atoms with van der Waals surface area (Å²) < 4.78 is 7.50. The third kappa shape index (κ3) is 4.48. The van der Waals surface area contributed by atoms with Crippen LogP contribution in [0.2, 0.25) is 18.6 Å². The van der Waals surface area contributed by atoms with Crippen LogP contribution in [0, 0.1) is 5.92 Å². The molecule has 37 heavy (non-hydrogen) atoms. The fourth-order valence-electron chi connectivity index (χ4n) is 6.69. The lowest BCUT2D eigenvalue weighted by Gasteiger charge is -2.32. The van der Waals surface area contributed by atoms with Gasteiger partial charge in [0.05, 0.1) is 18.3 Å². The fraction of sp³-hybridized carbons (Fsp3) is 0.500. The smallest absolute Gasteiger partial charge is 0.264 e. The summed E-state index contributed by atoms with van der Waals surface area (Å²) in [6.45, 7) is 6.75. The van der Waals surface area contributed by atoms with Crippen LogP contribution in [0.3, 0.4) is 0 Å². The summed E-state index contributed by atoms with van der Waals surface area (Å²) in [5, 5.41) is 9.75. The first-order chi connectivity index (χ1) is 17.6. The number of nitrogens with zero attached hydrogens (tertiary/aromatic N) is 2. The first-order valence-corrected chi connectivity index (χ1v) is 16.9. The van der Waals surface area contributed by atoms with E-state index in [9.17, 15) is 19.5 Å². The van der Waals surface area contributed by atoms with Gasteiger partial charge in [0.2, 0.25) is 5.91 Å². The van der Waals surface area contributed by atoms with Gasteiger partial charge in [0, 0.05) is 46.8 Å². The highest BCUT2D eigenvalue weighted by molar-refractivity contribution is 9.10. The maximum atomic E-state index is 14.4. The Balaban J connectivity index is 1.53. The highest BCUT2D eigenvalue weighted by Crippen LogP contribution is 2.60. The molecule has 3 aliphatic rings. The zero-order chi connectivity index (χ0) is 26.5. The molecule has 2 saturated heterocycles. The van der Waals surface area contributed by atoms with Crippen LogP contribution in [0.25, 0.3) is 0 Å². The maximum Gasteiger partial charge on any atom is 0.264 e. The summed E-state index contributed by atoms with van der Waals surface area (Å²) >= 11 is 3.58. The van der Waals surface area contributed by atoms with Gasteiger partial charge in [-0.3, -0.25) is 9.59 Å². The lowest BCUT2D eigenvalue weighted by molar-refractivity contribution is -0.146. The van der Waals surface area contributed by atoms with Gasteiger partial charge in [-0.05, 0) is 68.3 Å². The van der Waals surface area contributed by atoms with Crippen molar-refractivity contribution in [3.8, 4) is 0 Å². The largest absolute Gasteiger partial charge is 0.432 e. The van der Waals surface area contributed by atoms with Crippen molar-refractivity contribution in [2.45, 2.75) is 69.5 Å². The Kier molecular flexibility index (Phi) is 7.13. The van der Waals surface area contributed by atoms with Crippen LogP contribution in [-0.4, -0.2) is 49.3 Å². The van der Waals surface area contributed by atoms with E-state index in [-0.39, 0.29) is 29.9 Å².